The zero-order valence-corrected chi connectivity index (χ0v) is 27.9. The number of ether oxygens (including phenoxy) is 3. The van der Waals surface area contributed by atoms with E-state index >= 15 is 0 Å². The van der Waals surface area contributed by atoms with Crippen molar-refractivity contribution in [3.63, 3.8) is 0 Å². The van der Waals surface area contributed by atoms with Crippen molar-refractivity contribution < 1.29 is 46.9 Å². The van der Waals surface area contributed by atoms with Gasteiger partial charge in [-0.2, -0.15) is 13.2 Å². The van der Waals surface area contributed by atoms with E-state index in [1.54, 1.807) is 12.0 Å². The zero-order chi connectivity index (χ0) is 34.8. The number of aliphatic carboxylic acids is 1. The third-order valence-electron chi connectivity index (χ3n) is 6.45. The first-order valence-electron chi connectivity index (χ1n) is 13.8. The molecule has 0 fully saturated rings. The molecule has 1 amide bonds. The maximum absolute atomic E-state index is 12.7. The van der Waals surface area contributed by atoms with Crippen molar-refractivity contribution in [1.29, 1.82) is 0 Å². The largest absolute Gasteiger partial charge is 0.479 e. The van der Waals surface area contributed by atoms with E-state index < -0.39 is 29.8 Å². The molecule has 0 radical (unpaired) electrons. The van der Waals surface area contributed by atoms with E-state index in [9.17, 15) is 27.6 Å². The Morgan fingerprint density at radius 1 is 1.00 bits per heavy atom. The first kappa shape index (κ1) is 38.7. The lowest BCUT2D eigenvalue weighted by Crippen LogP contribution is -2.43. The van der Waals surface area contributed by atoms with Gasteiger partial charge in [-0.25, -0.2) is 9.59 Å². The molecule has 3 rings (SSSR count). The molecular weight excluding hydrogens is 674 g/mol. The van der Waals surface area contributed by atoms with Gasteiger partial charge in [0.15, 0.2) is 6.10 Å². The Balaban J connectivity index is 0.000000341. The molecule has 3 aromatic carbocycles. The second-order valence-corrected chi connectivity index (χ2v) is 11.0. The molecule has 14 heteroatoms. The molecule has 3 aromatic rings. The Labute approximate surface area is 279 Å². The van der Waals surface area contributed by atoms with Crippen molar-refractivity contribution in [2.24, 2.45) is 0 Å². The number of esters is 1. The van der Waals surface area contributed by atoms with Crippen molar-refractivity contribution in [3.8, 4) is 11.5 Å². The molecule has 0 heterocycles. The van der Waals surface area contributed by atoms with Crippen molar-refractivity contribution in [2.45, 2.75) is 52.4 Å². The number of methoxy groups -OCH3 is 1. The minimum Gasteiger partial charge on any atom is -0.479 e. The highest BCUT2D eigenvalue weighted by atomic mass is 35.5. The number of anilines is 1. The number of carboxylic acids is 1. The standard InChI is InChI=1S/C17H11Cl2F3O5.C15H22ClNO2/c1-8(15(23)24)26-16(25)11-7-10(3-4-12(11)18)27-14-5-2-9(6-13(14)19)17(20,21)22;1-5-13-8-6-7-11(2)15(13)17(14(18)9-16)12(3)10-19-4/h2-8H,1H3,(H,23,24);6-8,12H,5,9-10H2,1-4H3/t8-;/m0./s1. The zero-order valence-electron chi connectivity index (χ0n) is 25.6. The van der Waals surface area contributed by atoms with E-state index in [0.717, 1.165) is 48.4 Å². The molecule has 1 N–H and O–H groups in total. The highest BCUT2D eigenvalue weighted by Crippen LogP contribution is 2.37. The van der Waals surface area contributed by atoms with E-state index in [1.165, 1.54) is 12.1 Å². The van der Waals surface area contributed by atoms with Crippen LogP contribution in [0.15, 0.2) is 54.6 Å². The number of carbonyl (C=O) groups is 3. The van der Waals surface area contributed by atoms with Crippen LogP contribution in [-0.4, -0.2) is 54.7 Å². The van der Waals surface area contributed by atoms with E-state index in [1.807, 2.05) is 26.0 Å². The molecule has 0 aliphatic heterocycles. The minimum absolute atomic E-state index is 0.0223. The fourth-order valence-electron chi connectivity index (χ4n) is 4.21. The summed E-state index contributed by atoms with van der Waals surface area (Å²) in [6, 6.07) is 12.4. The van der Waals surface area contributed by atoms with Gasteiger partial charge in [-0.1, -0.05) is 48.3 Å². The monoisotopic (exact) mass is 705 g/mol. The maximum atomic E-state index is 12.7. The molecular formula is C32H33Cl3F3NO7. The lowest BCUT2D eigenvalue weighted by atomic mass is 10.0. The third kappa shape index (κ3) is 10.5. The van der Waals surface area contributed by atoms with Crippen LogP contribution in [0.25, 0.3) is 0 Å². The van der Waals surface area contributed by atoms with Gasteiger partial charge >= 0.3 is 18.1 Å². The van der Waals surface area contributed by atoms with Gasteiger partial charge in [-0.3, -0.25) is 4.79 Å². The number of carboxylic acid groups (broad SMARTS) is 1. The lowest BCUT2D eigenvalue weighted by molar-refractivity contribution is -0.146. The summed E-state index contributed by atoms with van der Waals surface area (Å²) in [7, 11) is 1.64. The summed E-state index contributed by atoms with van der Waals surface area (Å²) in [6.07, 6.45) is -5.08. The van der Waals surface area contributed by atoms with Crippen molar-refractivity contribution in [3.05, 3.63) is 86.9 Å². The third-order valence-corrected chi connectivity index (χ3v) is 7.30. The minimum atomic E-state index is -4.56. The van der Waals surface area contributed by atoms with Gasteiger partial charge in [-0.05, 0) is 74.7 Å². The van der Waals surface area contributed by atoms with Crippen LogP contribution in [0.2, 0.25) is 10.0 Å². The summed E-state index contributed by atoms with van der Waals surface area (Å²) in [5.74, 6) is -2.50. The Morgan fingerprint density at radius 3 is 2.22 bits per heavy atom. The number of alkyl halides is 4. The van der Waals surface area contributed by atoms with Crippen molar-refractivity contribution in [1.82, 2.24) is 0 Å². The summed E-state index contributed by atoms with van der Waals surface area (Å²) in [5.41, 5.74) is 2.09. The molecule has 0 aliphatic carbocycles. The molecule has 0 bridgehead atoms. The van der Waals surface area contributed by atoms with Gasteiger partial charge in [0.05, 0.1) is 39.5 Å². The second-order valence-electron chi connectivity index (χ2n) is 9.91. The number of benzene rings is 3. The number of hydrogen-bond acceptors (Lipinski definition) is 6. The summed E-state index contributed by atoms with van der Waals surface area (Å²) >= 11 is 17.5. The van der Waals surface area contributed by atoms with Crippen LogP contribution in [0.4, 0.5) is 18.9 Å². The number of nitrogens with zero attached hydrogens (tertiary/aromatic N) is 1. The van der Waals surface area contributed by atoms with Crippen molar-refractivity contribution in [2.75, 3.05) is 24.5 Å². The SMILES string of the molecule is CCc1cccc(C)c1N(C(=O)CCl)C(C)COC.C[C@H](OC(=O)c1cc(Oc2ccc(C(F)(F)F)cc2Cl)ccc1Cl)C(=O)O. The first-order valence-corrected chi connectivity index (χ1v) is 15.1. The summed E-state index contributed by atoms with van der Waals surface area (Å²) < 4.78 is 53.3. The number of halogens is 6. The van der Waals surface area contributed by atoms with Gasteiger partial charge in [0.1, 0.15) is 17.4 Å². The maximum Gasteiger partial charge on any atom is 0.416 e. The predicted molar refractivity (Wildman–Crippen MR) is 171 cm³/mol. The second kappa shape index (κ2) is 17.4. The topological polar surface area (TPSA) is 102 Å². The molecule has 250 valence electrons. The van der Waals surface area contributed by atoms with Gasteiger partial charge < -0.3 is 24.2 Å². The fourth-order valence-corrected chi connectivity index (χ4v) is 4.75. The van der Waals surface area contributed by atoms with Crippen LogP contribution in [0.3, 0.4) is 0 Å². The number of amides is 1. The molecule has 46 heavy (non-hydrogen) atoms. The van der Waals surface area contributed by atoms with Crippen LogP contribution < -0.4 is 9.64 Å². The Morgan fingerprint density at radius 2 is 1.67 bits per heavy atom. The van der Waals surface area contributed by atoms with Gasteiger partial charge in [0.25, 0.3) is 0 Å². The highest BCUT2D eigenvalue weighted by Gasteiger charge is 2.31. The van der Waals surface area contributed by atoms with E-state index in [4.69, 9.17) is 54.1 Å². The average Bonchev–Trinajstić information content (AvgIpc) is 2.99. The molecule has 0 spiro atoms. The molecule has 2 atom stereocenters. The van der Waals surface area contributed by atoms with E-state index in [0.29, 0.717) is 12.7 Å². The Hall–Kier alpha value is -3.51. The summed E-state index contributed by atoms with van der Waals surface area (Å²) in [6.45, 7) is 7.72. The van der Waals surface area contributed by atoms with Crippen LogP contribution >= 0.6 is 34.8 Å². The fraction of sp³-hybridized carbons (Fsp3) is 0.344. The van der Waals surface area contributed by atoms with Gasteiger partial charge in [-0.15, -0.1) is 11.6 Å². The molecule has 0 saturated heterocycles. The number of carbonyl (C=O) groups excluding carboxylic acids is 2. The number of aryl methyl sites for hydroxylation is 2. The molecule has 0 aromatic heterocycles. The lowest BCUT2D eigenvalue weighted by Gasteiger charge is -2.31. The molecule has 1 unspecified atom stereocenters. The number of hydrogen-bond donors (Lipinski definition) is 1. The van der Waals surface area contributed by atoms with Gasteiger partial charge in [0, 0.05) is 7.11 Å². The van der Waals surface area contributed by atoms with Gasteiger partial charge in [0.2, 0.25) is 5.91 Å². The quantitative estimate of drug-likeness (QED) is 0.157. The molecule has 8 nitrogen and oxygen atoms in total. The Kier molecular flexibility index (Phi) is 14.6. The van der Waals surface area contributed by atoms with Crippen LogP contribution in [0.5, 0.6) is 11.5 Å². The normalized spacial score (nSPS) is 12.3. The van der Waals surface area contributed by atoms with Crippen LogP contribution in [0.1, 0.15) is 47.8 Å². The first-order chi connectivity index (χ1) is 21.5. The van der Waals surface area contributed by atoms with E-state index in [-0.39, 0.29) is 44.9 Å². The summed E-state index contributed by atoms with van der Waals surface area (Å²) in [4.78, 5) is 36.8. The number of para-hydroxylation sites is 1. The van der Waals surface area contributed by atoms with Crippen LogP contribution in [0, 0.1) is 6.92 Å². The number of rotatable bonds is 11. The summed E-state index contributed by atoms with van der Waals surface area (Å²) in [5, 5.41) is 8.46. The Bertz CT molecular complexity index is 1540. The smallest absolute Gasteiger partial charge is 0.416 e. The predicted octanol–water partition coefficient (Wildman–Crippen LogP) is 8.60. The average molecular weight is 707 g/mol. The molecule has 0 aliphatic rings. The highest BCUT2D eigenvalue weighted by molar-refractivity contribution is 6.33. The van der Waals surface area contributed by atoms with E-state index in [2.05, 4.69) is 13.0 Å². The molecule has 0 saturated carbocycles. The van der Waals surface area contributed by atoms with Crippen LogP contribution in [-0.2, 0) is 31.7 Å². The van der Waals surface area contributed by atoms with Crippen molar-refractivity contribution >= 4 is 58.3 Å².